The summed E-state index contributed by atoms with van der Waals surface area (Å²) < 4.78 is 24.2. The second kappa shape index (κ2) is 12.3. The Morgan fingerprint density at radius 3 is 3.03 bits per heavy atom. The van der Waals surface area contributed by atoms with Gasteiger partial charge in [0.1, 0.15) is 5.82 Å². The zero-order valence-corrected chi connectivity index (χ0v) is 19.6. The molecule has 1 aliphatic rings. The molecule has 1 aromatic heterocycles. The molecule has 3 rings (SSSR count). The van der Waals surface area contributed by atoms with Gasteiger partial charge in [0.15, 0.2) is 5.96 Å². The minimum Gasteiger partial charge on any atom is -0.382 e. The number of fused-ring (bicyclic) bond motifs is 1. The van der Waals surface area contributed by atoms with Crippen molar-refractivity contribution in [3.8, 4) is 0 Å². The van der Waals surface area contributed by atoms with Crippen LogP contribution >= 0.6 is 24.0 Å². The number of benzene rings is 1. The molecule has 1 saturated heterocycles. The van der Waals surface area contributed by atoms with E-state index < -0.39 is 0 Å². The Kier molecular flexibility index (Phi) is 10.2. The van der Waals surface area contributed by atoms with Crippen LogP contribution < -0.4 is 5.32 Å². The molecule has 1 aliphatic heterocycles. The van der Waals surface area contributed by atoms with Crippen molar-refractivity contribution >= 4 is 40.8 Å². The summed E-state index contributed by atoms with van der Waals surface area (Å²) in [5.41, 5.74) is 2.06. The van der Waals surface area contributed by atoms with Crippen LogP contribution in [0.2, 0.25) is 0 Å². The maximum atomic E-state index is 13.5. The SMILES string of the molecule is CCNC(=NCCc1c[nH]c2ccc(F)cc12)N1CCC(COCCOC)C1.I. The van der Waals surface area contributed by atoms with Gasteiger partial charge < -0.3 is 24.7 Å². The van der Waals surface area contributed by atoms with Gasteiger partial charge in [-0.15, -0.1) is 24.0 Å². The zero-order valence-electron chi connectivity index (χ0n) is 17.2. The summed E-state index contributed by atoms with van der Waals surface area (Å²) in [6.45, 7) is 7.57. The second-order valence-corrected chi connectivity index (χ2v) is 7.16. The summed E-state index contributed by atoms with van der Waals surface area (Å²) in [6.07, 6.45) is 3.84. The fourth-order valence-corrected chi connectivity index (χ4v) is 3.62. The third kappa shape index (κ3) is 6.82. The lowest BCUT2D eigenvalue weighted by atomic mass is 10.1. The fourth-order valence-electron chi connectivity index (χ4n) is 3.62. The van der Waals surface area contributed by atoms with Crippen molar-refractivity contribution in [1.82, 2.24) is 15.2 Å². The molecule has 1 atom stereocenters. The molecule has 6 nitrogen and oxygen atoms in total. The van der Waals surface area contributed by atoms with E-state index in [2.05, 4.69) is 22.1 Å². The topological polar surface area (TPSA) is 61.9 Å². The quantitative estimate of drug-likeness (QED) is 0.231. The summed E-state index contributed by atoms with van der Waals surface area (Å²) in [5, 5.41) is 4.33. The van der Waals surface area contributed by atoms with Gasteiger partial charge in [-0.05, 0) is 43.5 Å². The molecular formula is C21H32FIN4O2. The lowest BCUT2D eigenvalue weighted by molar-refractivity contribution is 0.0536. The van der Waals surface area contributed by atoms with Crippen LogP contribution in [0, 0.1) is 11.7 Å². The first-order valence-electron chi connectivity index (χ1n) is 10.1. The average Bonchev–Trinajstić information content (AvgIpc) is 3.32. The third-order valence-electron chi connectivity index (χ3n) is 5.08. The number of halogens is 2. The van der Waals surface area contributed by atoms with Crippen LogP contribution in [0.3, 0.4) is 0 Å². The Morgan fingerprint density at radius 1 is 1.38 bits per heavy atom. The summed E-state index contributed by atoms with van der Waals surface area (Å²) in [5.74, 6) is 1.27. The van der Waals surface area contributed by atoms with E-state index in [-0.39, 0.29) is 29.8 Å². The number of methoxy groups -OCH3 is 1. The molecule has 0 aliphatic carbocycles. The predicted molar refractivity (Wildman–Crippen MR) is 126 cm³/mol. The summed E-state index contributed by atoms with van der Waals surface area (Å²) >= 11 is 0. The van der Waals surface area contributed by atoms with E-state index >= 15 is 0 Å². The van der Waals surface area contributed by atoms with Gasteiger partial charge in [-0.3, -0.25) is 4.99 Å². The number of aromatic nitrogens is 1. The molecular weight excluding hydrogens is 486 g/mol. The zero-order chi connectivity index (χ0) is 19.8. The minimum atomic E-state index is -0.207. The standard InChI is InChI=1S/C21H31FN4O2.HI/c1-3-23-21(26-9-7-16(14-26)15-28-11-10-27-2)24-8-6-17-13-25-20-5-4-18(22)12-19(17)20;/h4-5,12-13,16,25H,3,6-11,14-15H2,1-2H3,(H,23,24);1H. The highest BCUT2D eigenvalue weighted by atomic mass is 127. The van der Waals surface area contributed by atoms with Crippen LogP contribution in [0.5, 0.6) is 0 Å². The molecule has 2 aromatic rings. The van der Waals surface area contributed by atoms with E-state index in [4.69, 9.17) is 14.5 Å². The lowest BCUT2D eigenvalue weighted by Gasteiger charge is -2.21. The van der Waals surface area contributed by atoms with Crippen molar-refractivity contribution in [2.75, 3.05) is 53.1 Å². The number of ether oxygens (including phenoxy) is 2. The lowest BCUT2D eigenvalue weighted by Crippen LogP contribution is -2.40. The Labute approximate surface area is 189 Å². The number of H-pyrrole nitrogens is 1. The van der Waals surface area contributed by atoms with Crippen LogP contribution in [-0.2, 0) is 15.9 Å². The van der Waals surface area contributed by atoms with Gasteiger partial charge in [-0.25, -0.2) is 4.39 Å². The Morgan fingerprint density at radius 2 is 2.24 bits per heavy atom. The van der Waals surface area contributed by atoms with Gasteiger partial charge in [0.2, 0.25) is 0 Å². The van der Waals surface area contributed by atoms with Crippen LogP contribution in [-0.4, -0.2) is 69.0 Å². The first-order valence-corrected chi connectivity index (χ1v) is 10.1. The highest BCUT2D eigenvalue weighted by molar-refractivity contribution is 14.0. The third-order valence-corrected chi connectivity index (χ3v) is 5.08. The van der Waals surface area contributed by atoms with E-state index in [1.807, 2.05) is 6.20 Å². The monoisotopic (exact) mass is 518 g/mol. The van der Waals surface area contributed by atoms with E-state index in [0.717, 1.165) is 61.5 Å². The molecule has 1 fully saturated rings. The van der Waals surface area contributed by atoms with Crippen LogP contribution in [0.25, 0.3) is 10.9 Å². The molecule has 1 unspecified atom stereocenters. The van der Waals surface area contributed by atoms with Gasteiger partial charge in [0.25, 0.3) is 0 Å². The van der Waals surface area contributed by atoms with E-state index in [1.54, 1.807) is 19.2 Å². The van der Waals surface area contributed by atoms with E-state index in [1.165, 1.54) is 6.07 Å². The maximum absolute atomic E-state index is 13.5. The Balaban J connectivity index is 0.00000300. The number of hydrogen-bond donors (Lipinski definition) is 2. The molecule has 0 spiro atoms. The minimum absolute atomic E-state index is 0. The molecule has 1 aromatic carbocycles. The fraction of sp³-hybridized carbons (Fsp3) is 0.571. The number of hydrogen-bond acceptors (Lipinski definition) is 3. The molecule has 0 saturated carbocycles. The first kappa shape index (κ1) is 23.9. The van der Waals surface area contributed by atoms with E-state index in [0.29, 0.717) is 25.7 Å². The second-order valence-electron chi connectivity index (χ2n) is 7.16. The van der Waals surface area contributed by atoms with Gasteiger partial charge in [0.05, 0.1) is 19.8 Å². The normalized spacial score (nSPS) is 17.0. The number of guanidine groups is 1. The van der Waals surface area contributed by atoms with Crippen molar-refractivity contribution in [2.24, 2.45) is 10.9 Å². The van der Waals surface area contributed by atoms with Crippen molar-refractivity contribution in [2.45, 2.75) is 19.8 Å². The number of nitrogens with one attached hydrogen (secondary N) is 2. The summed E-state index contributed by atoms with van der Waals surface area (Å²) in [6, 6.07) is 4.85. The molecule has 2 heterocycles. The molecule has 2 N–H and O–H groups in total. The van der Waals surface area contributed by atoms with Crippen LogP contribution in [0.4, 0.5) is 4.39 Å². The van der Waals surface area contributed by atoms with Crippen molar-refractivity contribution < 1.29 is 13.9 Å². The van der Waals surface area contributed by atoms with Crippen LogP contribution in [0.1, 0.15) is 18.9 Å². The van der Waals surface area contributed by atoms with Crippen LogP contribution in [0.15, 0.2) is 29.4 Å². The highest BCUT2D eigenvalue weighted by Gasteiger charge is 2.24. The molecule has 0 bridgehead atoms. The van der Waals surface area contributed by atoms with Gasteiger partial charge >= 0.3 is 0 Å². The Bertz CT molecular complexity index is 783. The van der Waals surface area contributed by atoms with Crippen molar-refractivity contribution in [3.05, 3.63) is 35.8 Å². The number of nitrogens with zero attached hydrogens (tertiary/aromatic N) is 2. The number of aliphatic imine (C=N–C) groups is 1. The van der Waals surface area contributed by atoms with E-state index in [9.17, 15) is 4.39 Å². The number of likely N-dealkylation sites (tertiary alicyclic amines) is 1. The smallest absolute Gasteiger partial charge is 0.193 e. The average molecular weight is 518 g/mol. The number of rotatable bonds is 9. The molecule has 29 heavy (non-hydrogen) atoms. The molecule has 0 radical (unpaired) electrons. The summed E-state index contributed by atoms with van der Waals surface area (Å²) in [4.78, 5) is 10.3. The van der Waals surface area contributed by atoms with Gasteiger partial charge in [-0.1, -0.05) is 0 Å². The van der Waals surface area contributed by atoms with Crippen molar-refractivity contribution in [1.29, 1.82) is 0 Å². The number of aromatic amines is 1. The highest BCUT2D eigenvalue weighted by Crippen LogP contribution is 2.20. The summed E-state index contributed by atoms with van der Waals surface area (Å²) in [7, 11) is 1.69. The van der Waals surface area contributed by atoms with Gasteiger partial charge in [-0.2, -0.15) is 0 Å². The maximum Gasteiger partial charge on any atom is 0.193 e. The Hall–Kier alpha value is -1.39. The van der Waals surface area contributed by atoms with Crippen molar-refractivity contribution in [3.63, 3.8) is 0 Å². The predicted octanol–water partition coefficient (Wildman–Crippen LogP) is 3.42. The first-order chi connectivity index (χ1) is 13.7. The largest absolute Gasteiger partial charge is 0.382 e. The molecule has 8 heteroatoms. The molecule has 0 amide bonds. The van der Waals surface area contributed by atoms with Gasteiger partial charge in [0, 0.05) is 56.3 Å². The molecule has 162 valence electrons.